The van der Waals surface area contributed by atoms with Crippen molar-refractivity contribution < 1.29 is 4.79 Å². The van der Waals surface area contributed by atoms with Gasteiger partial charge in [-0.25, -0.2) is 0 Å². The smallest absolute Gasteiger partial charge is 0.250 e. The highest BCUT2D eigenvalue weighted by Crippen LogP contribution is 1.87. The van der Waals surface area contributed by atoms with Gasteiger partial charge in [0.1, 0.15) is 0 Å². The van der Waals surface area contributed by atoms with Gasteiger partial charge in [-0.05, 0) is 6.07 Å². The topological polar surface area (TPSA) is 74.9 Å². The Kier molecular flexibility index (Phi) is 3.44. The van der Waals surface area contributed by atoms with E-state index in [1.54, 1.807) is 18.3 Å². The summed E-state index contributed by atoms with van der Waals surface area (Å²) in [5.41, 5.74) is -0.155. The minimum Gasteiger partial charge on any atom is -0.315 e. The van der Waals surface area contributed by atoms with Gasteiger partial charge < -0.3 is 4.57 Å². The van der Waals surface area contributed by atoms with Crippen molar-refractivity contribution in [2.45, 2.75) is 13.0 Å². The van der Waals surface area contributed by atoms with Gasteiger partial charge in [-0.2, -0.15) is 5.26 Å². The lowest BCUT2D eigenvalue weighted by Crippen LogP contribution is -2.23. The van der Waals surface area contributed by atoms with Crippen LogP contribution in [-0.4, -0.2) is 10.5 Å². The summed E-state index contributed by atoms with van der Waals surface area (Å²) in [4.78, 5) is 22.0. The first-order valence-corrected chi connectivity index (χ1v) is 4.07. The van der Waals surface area contributed by atoms with Gasteiger partial charge in [0, 0.05) is 25.2 Å². The SMILES string of the molecule is N#CNC(=O)CCn1ccccc1=O. The fraction of sp³-hybridized carbons (Fsp3) is 0.222. The van der Waals surface area contributed by atoms with E-state index in [9.17, 15) is 9.59 Å². The van der Waals surface area contributed by atoms with E-state index < -0.39 is 0 Å². The zero-order valence-corrected chi connectivity index (χ0v) is 7.43. The molecule has 0 aliphatic carbocycles. The molecule has 0 saturated heterocycles. The fourth-order valence-corrected chi connectivity index (χ4v) is 0.992. The molecule has 0 fully saturated rings. The summed E-state index contributed by atoms with van der Waals surface area (Å²) in [6.45, 7) is 0.285. The monoisotopic (exact) mass is 191 g/mol. The second kappa shape index (κ2) is 4.82. The molecule has 1 aromatic heterocycles. The third-order valence-corrected chi connectivity index (χ3v) is 1.67. The molecule has 1 N–H and O–H groups in total. The minimum atomic E-state index is -0.386. The summed E-state index contributed by atoms with van der Waals surface area (Å²) < 4.78 is 1.41. The largest absolute Gasteiger partial charge is 0.315 e. The first-order valence-electron chi connectivity index (χ1n) is 4.07. The summed E-state index contributed by atoms with van der Waals surface area (Å²) in [6.07, 6.45) is 3.25. The molecule has 1 heterocycles. The first-order chi connectivity index (χ1) is 6.74. The molecule has 1 amide bonds. The van der Waals surface area contributed by atoms with Crippen molar-refractivity contribution >= 4 is 5.91 Å². The fourth-order valence-electron chi connectivity index (χ4n) is 0.992. The molecule has 0 unspecified atom stereocenters. The molecule has 0 aliphatic heterocycles. The highest BCUT2D eigenvalue weighted by atomic mass is 16.1. The molecule has 14 heavy (non-hydrogen) atoms. The normalized spacial score (nSPS) is 9.07. The van der Waals surface area contributed by atoms with Gasteiger partial charge in [-0.1, -0.05) is 6.07 Å². The second-order valence-corrected chi connectivity index (χ2v) is 2.64. The van der Waals surface area contributed by atoms with Crippen LogP contribution >= 0.6 is 0 Å². The van der Waals surface area contributed by atoms with Crippen molar-refractivity contribution in [3.63, 3.8) is 0 Å². The predicted molar refractivity (Wildman–Crippen MR) is 49.1 cm³/mol. The molecule has 1 rings (SSSR count). The average Bonchev–Trinajstić information content (AvgIpc) is 2.17. The predicted octanol–water partition coefficient (Wildman–Crippen LogP) is -0.164. The summed E-state index contributed by atoms with van der Waals surface area (Å²) in [7, 11) is 0. The summed E-state index contributed by atoms with van der Waals surface area (Å²) >= 11 is 0. The first kappa shape index (κ1) is 9.99. The van der Waals surface area contributed by atoms with Crippen LogP contribution in [0, 0.1) is 11.5 Å². The molecule has 0 bridgehead atoms. The lowest BCUT2D eigenvalue weighted by molar-refractivity contribution is -0.120. The molecule has 72 valence electrons. The standard InChI is InChI=1S/C9H9N3O2/c10-7-11-8(13)4-6-12-5-2-1-3-9(12)14/h1-3,5H,4,6H2,(H,11,13). The number of nitrogens with zero attached hydrogens (tertiary/aromatic N) is 2. The van der Waals surface area contributed by atoms with E-state index in [0.717, 1.165) is 0 Å². The Labute approximate surface area is 80.6 Å². The molecule has 5 nitrogen and oxygen atoms in total. The highest BCUT2D eigenvalue weighted by molar-refractivity contribution is 5.77. The molecule has 5 heteroatoms. The van der Waals surface area contributed by atoms with Crippen LogP contribution in [0.25, 0.3) is 0 Å². The number of pyridine rings is 1. The van der Waals surface area contributed by atoms with Gasteiger partial charge in [0.2, 0.25) is 5.91 Å². The van der Waals surface area contributed by atoms with Crippen LogP contribution in [-0.2, 0) is 11.3 Å². The van der Waals surface area contributed by atoms with Crippen molar-refractivity contribution in [2.24, 2.45) is 0 Å². The maximum Gasteiger partial charge on any atom is 0.250 e. The molecule has 1 aromatic rings. The van der Waals surface area contributed by atoms with Crippen molar-refractivity contribution in [3.05, 3.63) is 34.7 Å². The maximum absolute atomic E-state index is 11.2. The molecule has 0 atom stereocenters. The van der Waals surface area contributed by atoms with Crippen LogP contribution in [0.3, 0.4) is 0 Å². The maximum atomic E-state index is 11.2. The molecular formula is C9H9N3O2. The quantitative estimate of drug-likeness (QED) is 0.532. The van der Waals surface area contributed by atoms with Crippen molar-refractivity contribution in [3.8, 4) is 6.19 Å². The van der Waals surface area contributed by atoms with Gasteiger partial charge in [0.15, 0.2) is 6.19 Å². The van der Waals surface area contributed by atoms with Crippen LogP contribution in [0.5, 0.6) is 0 Å². The van der Waals surface area contributed by atoms with E-state index >= 15 is 0 Å². The van der Waals surface area contributed by atoms with Gasteiger partial charge in [0.25, 0.3) is 5.56 Å². The highest BCUT2D eigenvalue weighted by Gasteiger charge is 2.00. The zero-order chi connectivity index (χ0) is 10.4. The number of aromatic nitrogens is 1. The minimum absolute atomic E-state index is 0.122. The summed E-state index contributed by atoms with van der Waals surface area (Å²) in [5, 5.41) is 10.1. The number of carbonyl (C=O) groups excluding carboxylic acids is 1. The van der Waals surface area contributed by atoms with Crippen molar-refractivity contribution in [2.75, 3.05) is 0 Å². The summed E-state index contributed by atoms with van der Waals surface area (Å²) in [5.74, 6) is -0.386. The molecule has 0 saturated carbocycles. The molecule has 0 aromatic carbocycles. The third-order valence-electron chi connectivity index (χ3n) is 1.67. The van der Waals surface area contributed by atoms with E-state index in [-0.39, 0.29) is 24.4 Å². The Hall–Kier alpha value is -2.09. The van der Waals surface area contributed by atoms with Gasteiger partial charge in [0.05, 0.1) is 0 Å². The molecule has 0 radical (unpaired) electrons. The van der Waals surface area contributed by atoms with Gasteiger partial charge in [-0.3, -0.25) is 14.9 Å². The average molecular weight is 191 g/mol. The number of nitrogens with one attached hydrogen (secondary N) is 1. The van der Waals surface area contributed by atoms with Crippen LogP contribution in [0.2, 0.25) is 0 Å². The van der Waals surface area contributed by atoms with Crippen LogP contribution in [0.15, 0.2) is 29.2 Å². The van der Waals surface area contributed by atoms with E-state index in [1.807, 2.05) is 5.32 Å². The Balaban J connectivity index is 2.55. The Bertz CT molecular complexity index is 417. The van der Waals surface area contributed by atoms with E-state index in [2.05, 4.69) is 0 Å². The number of amides is 1. The second-order valence-electron chi connectivity index (χ2n) is 2.64. The number of hydrogen-bond donors (Lipinski definition) is 1. The van der Waals surface area contributed by atoms with Crippen LogP contribution in [0.1, 0.15) is 6.42 Å². The lowest BCUT2D eigenvalue weighted by atomic mass is 10.4. The molecule has 0 aliphatic rings. The number of aryl methyl sites for hydroxylation is 1. The van der Waals surface area contributed by atoms with Gasteiger partial charge in [-0.15, -0.1) is 0 Å². The Morgan fingerprint density at radius 3 is 3.00 bits per heavy atom. The van der Waals surface area contributed by atoms with Crippen molar-refractivity contribution in [1.82, 2.24) is 9.88 Å². The number of carbonyl (C=O) groups is 1. The number of rotatable bonds is 3. The number of nitriles is 1. The van der Waals surface area contributed by atoms with Crippen molar-refractivity contribution in [1.29, 1.82) is 5.26 Å². The third kappa shape index (κ3) is 2.75. The Morgan fingerprint density at radius 1 is 1.57 bits per heavy atom. The molecule has 0 spiro atoms. The summed E-state index contributed by atoms with van der Waals surface area (Å²) in [6, 6.07) is 4.76. The van der Waals surface area contributed by atoms with Crippen LogP contribution < -0.4 is 10.9 Å². The van der Waals surface area contributed by atoms with Crippen LogP contribution in [0.4, 0.5) is 0 Å². The molecular weight excluding hydrogens is 182 g/mol. The zero-order valence-electron chi connectivity index (χ0n) is 7.43. The number of hydrogen-bond acceptors (Lipinski definition) is 3. The van der Waals surface area contributed by atoms with E-state index in [0.29, 0.717) is 0 Å². The van der Waals surface area contributed by atoms with E-state index in [1.165, 1.54) is 16.8 Å². The Morgan fingerprint density at radius 2 is 2.36 bits per heavy atom. The lowest BCUT2D eigenvalue weighted by Gasteiger charge is -2.02. The van der Waals surface area contributed by atoms with Gasteiger partial charge >= 0.3 is 0 Å². The van der Waals surface area contributed by atoms with E-state index in [4.69, 9.17) is 5.26 Å².